The van der Waals surface area contributed by atoms with E-state index in [9.17, 15) is 19.2 Å². The van der Waals surface area contributed by atoms with Crippen LogP contribution in [0.1, 0.15) is 46.0 Å². The predicted octanol–water partition coefficient (Wildman–Crippen LogP) is 1.93. The van der Waals surface area contributed by atoms with Crippen molar-refractivity contribution in [2.75, 3.05) is 6.61 Å². The van der Waals surface area contributed by atoms with Crippen LogP contribution in [0.3, 0.4) is 0 Å². The number of nitrogens with one attached hydrogen (secondary N) is 1. The fourth-order valence-electron chi connectivity index (χ4n) is 4.11. The lowest BCUT2D eigenvalue weighted by Gasteiger charge is -2.44. The van der Waals surface area contributed by atoms with Crippen LogP contribution in [-0.2, 0) is 51.3 Å². The van der Waals surface area contributed by atoms with Crippen LogP contribution in [0.4, 0.5) is 0 Å². The molecule has 0 saturated carbocycles. The van der Waals surface area contributed by atoms with E-state index in [1.54, 1.807) is 0 Å². The fraction of sp³-hybridized carbons (Fsp3) is 0.538. The average Bonchev–Trinajstić information content (AvgIpc) is 3.26. The summed E-state index contributed by atoms with van der Waals surface area (Å²) in [5.41, 5.74) is 0.208. The van der Waals surface area contributed by atoms with Crippen molar-refractivity contribution >= 4 is 35.6 Å². The summed E-state index contributed by atoms with van der Waals surface area (Å²) in [5.74, 6) is -1.10. The summed E-state index contributed by atoms with van der Waals surface area (Å²) >= 11 is 1.12. The molecule has 1 aromatic heterocycles. The molecule has 5 atom stereocenters. The first-order valence-electron chi connectivity index (χ1n) is 12.7. The van der Waals surface area contributed by atoms with E-state index < -0.39 is 53.6 Å². The highest BCUT2D eigenvalue weighted by Gasteiger charge is 2.51. The Balaban J connectivity index is 1.92. The summed E-state index contributed by atoms with van der Waals surface area (Å²) in [7, 11) is 0. The number of aromatic nitrogens is 3. The molecular weight excluding hydrogens is 544 g/mol. The molecule has 0 unspecified atom stereocenters. The molecule has 40 heavy (non-hydrogen) atoms. The lowest BCUT2D eigenvalue weighted by Crippen LogP contribution is -2.65. The maximum Gasteiger partial charge on any atom is 0.303 e. The summed E-state index contributed by atoms with van der Waals surface area (Å²) in [6.07, 6.45) is -3.33. The van der Waals surface area contributed by atoms with Crippen molar-refractivity contribution in [2.24, 2.45) is 0 Å². The Bertz CT molecular complexity index is 1200. The second-order valence-electron chi connectivity index (χ2n) is 9.08. The van der Waals surface area contributed by atoms with Crippen molar-refractivity contribution in [3.05, 3.63) is 35.7 Å². The van der Waals surface area contributed by atoms with E-state index in [-0.39, 0.29) is 13.2 Å². The van der Waals surface area contributed by atoms with Crippen LogP contribution in [0.2, 0.25) is 0 Å². The molecule has 0 bridgehead atoms. The van der Waals surface area contributed by atoms with Crippen LogP contribution >= 0.6 is 11.8 Å². The molecule has 218 valence electrons. The standard InChI is InChI=1S/C26H34N4O9S/c1-7-30-21(13-36-19-10-8-14(2)9-11-19)28-29-26(30)40-25-22(27-15(3)31)24(38-18(6)34)23(37-17(5)33)20(39-25)12-35-16(4)32/h8-11,20,22-25H,7,12-13H2,1-6H3,(H,27,31)/t20-,22-,23+,24-,25+/m0/s1. The van der Waals surface area contributed by atoms with Gasteiger partial charge in [-0.3, -0.25) is 19.2 Å². The number of rotatable bonds is 11. The summed E-state index contributed by atoms with van der Waals surface area (Å²) in [6, 6.07) is 6.66. The number of hydrogen-bond donors (Lipinski definition) is 1. The third kappa shape index (κ3) is 8.42. The number of nitrogens with zero attached hydrogens (tertiary/aromatic N) is 3. The molecule has 0 radical (unpaired) electrons. The van der Waals surface area contributed by atoms with Gasteiger partial charge in [-0.15, -0.1) is 10.2 Å². The van der Waals surface area contributed by atoms with E-state index >= 15 is 0 Å². The van der Waals surface area contributed by atoms with Gasteiger partial charge in [0.05, 0.1) is 0 Å². The highest BCUT2D eigenvalue weighted by atomic mass is 32.2. The zero-order valence-electron chi connectivity index (χ0n) is 23.2. The Morgan fingerprint density at radius 1 is 0.975 bits per heavy atom. The summed E-state index contributed by atoms with van der Waals surface area (Å²) in [4.78, 5) is 47.8. The van der Waals surface area contributed by atoms with E-state index in [4.69, 9.17) is 23.7 Å². The molecule has 1 amide bonds. The van der Waals surface area contributed by atoms with Gasteiger partial charge in [-0.1, -0.05) is 29.5 Å². The number of esters is 3. The van der Waals surface area contributed by atoms with Gasteiger partial charge < -0.3 is 33.6 Å². The smallest absolute Gasteiger partial charge is 0.303 e. The third-order valence-corrected chi connectivity index (χ3v) is 6.94. The van der Waals surface area contributed by atoms with Gasteiger partial charge in [-0.25, -0.2) is 0 Å². The van der Waals surface area contributed by atoms with Crippen LogP contribution in [0.5, 0.6) is 5.75 Å². The molecule has 1 N–H and O–H groups in total. The number of benzene rings is 1. The van der Waals surface area contributed by atoms with Gasteiger partial charge >= 0.3 is 17.9 Å². The van der Waals surface area contributed by atoms with Gasteiger partial charge in [0.15, 0.2) is 23.2 Å². The van der Waals surface area contributed by atoms with Crippen LogP contribution in [0, 0.1) is 6.92 Å². The molecule has 2 aromatic rings. The van der Waals surface area contributed by atoms with Crippen LogP contribution in [-0.4, -0.2) is 75.0 Å². The Kier molecular flexibility index (Phi) is 10.9. The fourth-order valence-corrected chi connectivity index (χ4v) is 5.33. The molecule has 1 aromatic carbocycles. The van der Waals surface area contributed by atoms with Crippen molar-refractivity contribution < 1.29 is 42.9 Å². The molecule has 1 fully saturated rings. The van der Waals surface area contributed by atoms with Gasteiger partial charge in [0.25, 0.3) is 0 Å². The van der Waals surface area contributed by atoms with E-state index in [1.807, 2.05) is 42.7 Å². The van der Waals surface area contributed by atoms with Gasteiger partial charge in [0.2, 0.25) is 5.91 Å². The Hall–Kier alpha value is -3.65. The quantitative estimate of drug-likeness (QED) is 0.306. The van der Waals surface area contributed by atoms with Crippen molar-refractivity contribution in [2.45, 2.75) is 89.6 Å². The molecule has 13 nitrogen and oxygen atoms in total. The van der Waals surface area contributed by atoms with E-state index in [1.165, 1.54) is 27.7 Å². The Morgan fingerprint density at radius 2 is 1.62 bits per heavy atom. The lowest BCUT2D eigenvalue weighted by molar-refractivity contribution is -0.211. The molecule has 2 heterocycles. The number of carbonyl (C=O) groups is 4. The summed E-state index contributed by atoms with van der Waals surface area (Å²) in [6.45, 7) is 9.18. The first-order chi connectivity index (χ1) is 19.0. The van der Waals surface area contributed by atoms with Crippen LogP contribution in [0.25, 0.3) is 0 Å². The van der Waals surface area contributed by atoms with E-state index in [0.29, 0.717) is 23.3 Å². The number of amides is 1. The summed E-state index contributed by atoms with van der Waals surface area (Å²) in [5, 5.41) is 11.8. The Morgan fingerprint density at radius 3 is 2.20 bits per heavy atom. The molecule has 1 saturated heterocycles. The van der Waals surface area contributed by atoms with Gasteiger partial charge in [0.1, 0.15) is 36.5 Å². The predicted molar refractivity (Wildman–Crippen MR) is 141 cm³/mol. The van der Waals surface area contributed by atoms with Gasteiger partial charge in [0, 0.05) is 34.2 Å². The third-order valence-electron chi connectivity index (χ3n) is 5.79. The minimum absolute atomic E-state index is 0.158. The van der Waals surface area contributed by atoms with E-state index in [2.05, 4.69) is 15.5 Å². The topological polar surface area (TPSA) is 157 Å². The van der Waals surface area contributed by atoms with E-state index in [0.717, 1.165) is 17.3 Å². The first kappa shape index (κ1) is 30.9. The minimum Gasteiger partial charge on any atom is -0.486 e. The minimum atomic E-state index is -1.17. The zero-order chi connectivity index (χ0) is 29.4. The first-order valence-corrected chi connectivity index (χ1v) is 13.5. The number of thioether (sulfide) groups is 1. The van der Waals surface area contributed by atoms with Crippen LogP contribution in [0.15, 0.2) is 29.4 Å². The van der Waals surface area contributed by atoms with Gasteiger partial charge in [-0.05, 0) is 26.0 Å². The summed E-state index contributed by atoms with van der Waals surface area (Å²) < 4.78 is 30.1. The van der Waals surface area contributed by atoms with Crippen molar-refractivity contribution in [1.82, 2.24) is 20.1 Å². The molecule has 14 heteroatoms. The maximum atomic E-state index is 12.2. The molecule has 1 aliphatic rings. The average molecular weight is 579 g/mol. The normalized spacial score (nSPS) is 22.2. The number of ether oxygens (including phenoxy) is 5. The molecule has 0 spiro atoms. The number of aryl methyl sites for hydroxylation is 1. The Labute approximate surface area is 236 Å². The number of hydrogen-bond acceptors (Lipinski definition) is 12. The largest absolute Gasteiger partial charge is 0.486 e. The zero-order valence-corrected chi connectivity index (χ0v) is 24.1. The van der Waals surface area contributed by atoms with Crippen molar-refractivity contribution in [3.8, 4) is 5.75 Å². The number of carbonyl (C=O) groups excluding carboxylic acids is 4. The van der Waals surface area contributed by atoms with Crippen LogP contribution < -0.4 is 10.1 Å². The second kappa shape index (κ2) is 14.1. The highest BCUT2D eigenvalue weighted by Crippen LogP contribution is 2.36. The molecular formula is C26H34N4O9S. The highest BCUT2D eigenvalue weighted by molar-refractivity contribution is 7.99. The SMILES string of the molecule is CCn1c(COc2ccc(C)cc2)nnc1S[C@H]1O[C@@H](COC(C)=O)[C@@H](OC(C)=O)[C@@H](OC(C)=O)[C@@H]1NC(C)=O. The maximum absolute atomic E-state index is 12.2. The second-order valence-corrected chi connectivity index (χ2v) is 10.1. The van der Waals surface area contributed by atoms with Gasteiger partial charge in [-0.2, -0.15) is 0 Å². The molecule has 3 rings (SSSR count). The van der Waals surface area contributed by atoms with Crippen molar-refractivity contribution in [1.29, 1.82) is 0 Å². The lowest BCUT2D eigenvalue weighted by atomic mass is 9.97. The van der Waals surface area contributed by atoms with Crippen molar-refractivity contribution in [3.63, 3.8) is 0 Å². The monoisotopic (exact) mass is 578 g/mol. The molecule has 1 aliphatic heterocycles. The molecule has 0 aliphatic carbocycles.